The average Bonchev–Trinajstić information content (AvgIpc) is 2.76. The molecule has 0 aromatic heterocycles. The predicted molar refractivity (Wildman–Crippen MR) is 87.9 cm³/mol. The van der Waals surface area contributed by atoms with Crippen LogP contribution in [0.2, 0.25) is 0 Å². The van der Waals surface area contributed by atoms with Crippen molar-refractivity contribution in [3.8, 4) is 0 Å². The minimum Gasteiger partial charge on any atom is -0.352 e. The number of hydrogen-bond donors (Lipinski definition) is 1. The van der Waals surface area contributed by atoms with E-state index >= 15 is 0 Å². The van der Waals surface area contributed by atoms with Gasteiger partial charge in [-0.1, -0.05) is 12.1 Å². The number of ketones is 1. The van der Waals surface area contributed by atoms with Crippen LogP contribution in [0.3, 0.4) is 0 Å². The van der Waals surface area contributed by atoms with Gasteiger partial charge in [-0.25, -0.2) is 8.42 Å². The lowest BCUT2D eigenvalue weighted by molar-refractivity contribution is -0.121. The summed E-state index contributed by atoms with van der Waals surface area (Å²) < 4.78 is 23.6. The number of hydrogen-bond acceptors (Lipinski definition) is 4. The zero-order valence-electron chi connectivity index (χ0n) is 11.3. The standard InChI is InChI=1S/C14H16INO4S/c15-11-3-1-10(2-4-11)13(17)5-6-14(18)16-12-7-8-21(19,20)9-12/h1-4,12H,5-9H2,(H,16,18)/t12-/m0/s1. The molecule has 7 heteroatoms. The zero-order chi connectivity index (χ0) is 15.5. The van der Waals surface area contributed by atoms with Crippen molar-refractivity contribution >= 4 is 44.1 Å². The van der Waals surface area contributed by atoms with Crippen LogP contribution >= 0.6 is 22.6 Å². The fourth-order valence-electron chi connectivity index (χ4n) is 2.22. The van der Waals surface area contributed by atoms with Gasteiger partial charge < -0.3 is 5.32 Å². The summed E-state index contributed by atoms with van der Waals surface area (Å²) in [6.07, 6.45) is 0.673. The molecule has 0 aliphatic carbocycles. The van der Waals surface area contributed by atoms with Gasteiger partial charge in [0.25, 0.3) is 0 Å². The molecule has 0 radical (unpaired) electrons. The minimum absolute atomic E-state index is 0.00378. The van der Waals surface area contributed by atoms with E-state index in [4.69, 9.17) is 0 Å². The van der Waals surface area contributed by atoms with E-state index in [2.05, 4.69) is 27.9 Å². The van der Waals surface area contributed by atoms with E-state index in [1.54, 1.807) is 12.1 Å². The van der Waals surface area contributed by atoms with Crippen molar-refractivity contribution < 1.29 is 18.0 Å². The molecule has 114 valence electrons. The smallest absolute Gasteiger partial charge is 0.220 e. The van der Waals surface area contributed by atoms with Gasteiger partial charge >= 0.3 is 0 Å². The molecule has 1 N–H and O–H groups in total. The van der Waals surface area contributed by atoms with Crippen molar-refractivity contribution in [1.82, 2.24) is 5.32 Å². The van der Waals surface area contributed by atoms with Crippen LogP contribution < -0.4 is 5.32 Å². The fourth-order valence-corrected chi connectivity index (χ4v) is 4.25. The average molecular weight is 421 g/mol. The number of sulfone groups is 1. The molecule has 0 spiro atoms. The first-order valence-electron chi connectivity index (χ1n) is 6.64. The molecule has 1 aromatic carbocycles. The first kappa shape index (κ1) is 16.4. The number of benzene rings is 1. The molecule has 1 saturated heterocycles. The number of amides is 1. The van der Waals surface area contributed by atoms with Crippen LogP contribution in [0.1, 0.15) is 29.6 Å². The van der Waals surface area contributed by atoms with E-state index in [9.17, 15) is 18.0 Å². The first-order valence-corrected chi connectivity index (χ1v) is 9.54. The van der Waals surface area contributed by atoms with Crippen LogP contribution in [0.15, 0.2) is 24.3 Å². The lowest BCUT2D eigenvalue weighted by Gasteiger charge is -2.10. The number of carbonyl (C=O) groups excluding carboxylic acids is 2. The highest BCUT2D eigenvalue weighted by Crippen LogP contribution is 2.12. The van der Waals surface area contributed by atoms with E-state index in [1.165, 1.54) is 0 Å². The highest BCUT2D eigenvalue weighted by molar-refractivity contribution is 14.1. The van der Waals surface area contributed by atoms with Crippen molar-refractivity contribution in [3.63, 3.8) is 0 Å². The third-order valence-corrected chi connectivity index (χ3v) is 5.83. The highest BCUT2D eigenvalue weighted by Gasteiger charge is 2.28. The summed E-state index contributed by atoms with van der Waals surface area (Å²) in [5, 5.41) is 2.68. The molecular formula is C14H16INO4S. The lowest BCUT2D eigenvalue weighted by Crippen LogP contribution is -2.35. The molecule has 1 heterocycles. The maximum absolute atomic E-state index is 11.9. The Morgan fingerprint density at radius 2 is 1.86 bits per heavy atom. The molecule has 1 aromatic rings. The Balaban J connectivity index is 1.79. The SMILES string of the molecule is O=C(CCC(=O)c1ccc(I)cc1)N[C@H]1CCS(=O)(=O)C1. The van der Waals surface area contributed by atoms with E-state index in [0.717, 1.165) is 3.57 Å². The van der Waals surface area contributed by atoms with E-state index in [0.29, 0.717) is 12.0 Å². The molecule has 1 aliphatic rings. The van der Waals surface area contributed by atoms with Crippen LogP contribution in [0, 0.1) is 3.57 Å². The van der Waals surface area contributed by atoms with Crippen molar-refractivity contribution in [1.29, 1.82) is 0 Å². The van der Waals surface area contributed by atoms with Gasteiger partial charge in [-0.05, 0) is 41.1 Å². The molecule has 5 nitrogen and oxygen atoms in total. The second kappa shape index (κ2) is 6.87. The summed E-state index contributed by atoms with van der Waals surface area (Å²) in [4.78, 5) is 23.7. The molecule has 1 aliphatic heterocycles. The summed E-state index contributed by atoms with van der Waals surface area (Å²) in [7, 11) is -3.00. The molecule has 0 bridgehead atoms. The van der Waals surface area contributed by atoms with Crippen molar-refractivity contribution in [2.24, 2.45) is 0 Å². The zero-order valence-corrected chi connectivity index (χ0v) is 14.3. The molecule has 0 saturated carbocycles. The molecule has 21 heavy (non-hydrogen) atoms. The van der Waals surface area contributed by atoms with E-state index < -0.39 is 9.84 Å². The Labute approximate surface area is 137 Å². The Kier molecular flexibility index (Phi) is 5.37. The largest absolute Gasteiger partial charge is 0.352 e. The molecular weight excluding hydrogens is 405 g/mol. The monoisotopic (exact) mass is 421 g/mol. The Hall–Kier alpha value is -0.960. The molecule has 1 atom stereocenters. The second-order valence-corrected chi connectivity index (χ2v) is 8.57. The quantitative estimate of drug-likeness (QED) is 0.578. The van der Waals surface area contributed by atoms with Crippen molar-refractivity contribution in [3.05, 3.63) is 33.4 Å². The molecule has 2 rings (SSSR count). The van der Waals surface area contributed by atoms with Gasteiger partial charge in [0.2, 0.25) is 5.91 Å². The van der Waals surface area contributed by atoms with Gasteiger partial charge in [0.15, 0.2) is 15.6 Å². The van der Waals surface area contributed by atoms with E-state index in [1.807, 2.05) is 12.1 Å². The lowest BCUT2D eigenvalue weighted by atomic mass is 10.1. The summed E-state index contributed by atoms with van der Waals surface area (Å²) in [5.74, 6) is -0.222. The normalized spacial score (nSPS) is 20.1. The van der Waals surface area contributed by atoms with Crippen molar-refractivity contribution in [2.45, 2.75) is 25.3 Å². The van der Waals surface area contributed by atoms with Gasteiger partial charge in [-0.2, -0.15) is 0 Å². The van der Waals surface area contributed by atoms with Crippen LogP contribution in [0.4, 0.5) is 0 Å². The molecule has 1 fully saturated rings. The third kappa shape index (κ3) is 5.06. The van der Waals surface area contributed by atoms with Crippen LogP contribution in [-0.4, -0.2) is 37.7 Å². The Bertz CT molecular complexity index is 639. The second-order valence-electron chi connectivity index (χ2n) is 5.10. The van der Waals surface area contributed by atoms with Gasteiger partial charge in [-0.3, -0.25) is 9.59 Å². The summed E-state index contributed by atoms with van der Waals surface area (Å²) in [5.41, 5.74) is 0.590. The van der Waals surface area contributed by atoms with Gasteiger partial charge in [0, 0.05) is 28.0 Å². The maximum Gasteiger partial charge on any atom is 0.220 e. The number of rotatable bonds is 5. The number of carbonyl (C=O) groups is 2. The van der Waals surface area contributed by atoms with Crippen molar-refractivity contribution in [2.75, 3.05) is 11.5 Å². The Morgan fingerprint density at radius 3 is 2.43 bits per heavy atom. The van der Waals surface area contributed by atoms with Gasteiger partial charge in [-0.15, -0.1) is 0 Å². The molecule has 1 amide bonds. The van der Waals surface area contributed by atoms with Crippen LogP contribution in [0.25, 0.3) is 0 Å². The maximum atomic E-state index is 11.9. The fraction of sp³-hybridized carbons (Fsp3) is 0.429. The third-order valence-electron chi connectivity index (χ3n) is 3.34. The summed E-state index contributed by atoms with van der Waals surface area (Å²) in [6, 6.07) is 6.86. The van der Waals surface area contributed by atoms with Crippen LogP contribution in [0.5, 0.6) is 0 Å². The highest BCUT2D eigenvalue weighted by atomic mass is 127. The van der Waals surface area contributed by atoms with Crippen LogP contribution in [-0.2, 0) is 14.6 Å². The van der Waals surface area contributed by atoms with E-state index in [-0.39, 0.29) is 42.1 Å². The summed E-state index contributed by atoms with van der Waals surface area (Å²) in [6.45, 7) is 0. The predicted octanol–water partition coefficient (Wildman–Crippen LogP) is 1.56. The van der Waals surface area contributed by atoms with Gasteiger partial charge in [0.1, 0.15) is 0 Å². The number of Topliss-reactive ketones (excluding diaryl/α,β-unsaturated/α-hetero) is 1. The Morgan fingerprint density at radius 1 is 1.19 bits per heavy atom. The first-order chi connectivity index (χ1) is 9.85. The minimum atomic E-state index is -3.00. The summed E-state index contributed by atoms with van der Waals surface area (Å²) >= 11 is 2.16. The number of halogens is 1. The molecule has 0 unspecified atom stereocenters. The number of nitrogens with one attached hydrogen (secondary N) is 1. The van der Waals surface area contributed by atoms with Gasteiger partial charge in [0.05, 0.1) is 11.5 Å². The topological polar surface area (TPSA) is 80.3 Å².